The van der Waals surface area contributed by atoms with Crippen LogP contribution in [-0.2, 0) is 35.3 Å². The molecule has 0 saturated heterocycles. The predicted molar refractivity (Wildman–Crippen MR) is 43.7 cm³/mol. The Morgan fingerprint density at radius 2 is 1.50 bits per heavy atom. The third-order valence-corrected chi connectivity index (χ3v) is 1.35. The number of para-hydroxylation sites is 1. The van der Waals surface area contributed by atoms with Gasteiger partial charge in [-0.05, 0) is 12.1 Å². The Bertz CT molecular complexity index is 343. The van der Waals surface area contributed by atoms with E-state index in [2.05, 4.69) is 4.52 Å². The molecule has 1 aromatic rings. The molecule has 0 saturated carbocycles. The fourth-order valence-corrected chi connectivity index (χ4v) is 0.913. The summed E-state index contributed by atoms with van der Waals surface area (Å²) in [6, 6.07) is 8.37. The maximum Gasteiger partial charge on any atom is 4.00 e. The summed E-state index contributed by atoms with van der Waals surface area (Å²) in [5, 5.41) is 0. The minimum absolute atomic E-state index is 0. The number of hydrogen-bond donors (Lipinski definition) is 0. The molecule has 1 rings (SSSR count). The third kappa shape index (κ3) is 16.6. The first-order chi connectivity index (χ1) is 6.79. The van der Waals surface area contributed by atoms with Crippen LogP contribution in [0.15, 0.2) is 30.3 Å². The van der Waals surface area contributed by atoms with Gasteiger partial charge in [0.15, 0.2) is 8.25 Å². The average Bonchev–Trinajstić information content (AvgIpc) is 2.01. The molecule has 10 heteroatoms. The van der Waals surface area contributed by atoms with Gasteiger partial charge in [-0.25, -0.2) is 0 Å². The van der Waals surface area contributed by atoms with Gasteiger partial charge in [0.05, 0.1) is 0 Å². The van der Waals surface area contributed by atoms with E-state index in [1.165, 1.54) is 0 Å². The zero-order valence-electron chi connectivity index (χ0n) is 7.69. The average molecular weight is 343 g/mol. The van der Waals surface area contributed by atoms with Gasteiger partial charge < -0.3 is 28.7 Å². The van der Waals surface area contributed by atoms with Crippen LogP contribution in [0.5, 0.6) is 5.75 Å². The first kappa shape index (κ1) is 18.6. The van der Waals surface area contributed by atoms with Crippen molar-refractivity contribution >= 4 is 16.1 Å². The fourth-order valence-electron chi connectivity index (χ4n) is 0.585. The summed E-state index contributed by atoms with van der Waals surface area (Å²) in [4.78, 5) is 35.7. The predicted octanol–water partition coefficient (Wildman–Crippen LogP) is -2.01. The van der Waals surface area contributed by atoms with Crippen molar-refractivity contribution in [1.29, 1.82) is 0 Å². The fraction of sp³-hybridized carbons (Fsp3) is 0. The molecule has 0 fully saturated rings. The molecule has 0 heterocycles. The SMILES string of the molecule is O=P([O-])([O-])[O-].O=[PH]([O-])Oc1ccccc1.[Zr+4]. The number of rotatable bonds is 2. The molecule has 0 spiro atoms. The largest absolute Gasteiger partial charge is 4.00 e. The van der Waals surface area contributed by atoms with Crippen molar-refractivity contribution in [2.45, 2.75) is 0 Å². The van der Waals surface area contributed by atoms with Crippen molar-refractivity contribution < 1.29 is 59.4 Å². The second-order valence-electron chi connectivity index (χ2n) is 2.11. The minimum atomic E-state index is -5.39. The molecule has 1 unspecified atom stereocenters. The normalized spacial score (nSPS) is 11.5. The van der Waals surface area contributed by atoms with Crippen LogP contribution in [0, 0.1) is 0 Å². The molecule has 0 aliphatic rings. The van der Waals surface area contributed by atoms with Gasteiger partial charge in [-0.1, -0.05) is 18.2 Å². The van der Waals surface area contributed by atoms with Gasteiger partial charge in [0, 0.05) is 0 Å². The number of hydrogen-bond acceptors (Lipinski definition) is 7. The minimum Gasteiger partial charge on any atom is -0.822 e. The Morgan fingerprint density at radius 3 is 1.81 bits per heavy atom. The van der Waals surface area contributed by atoms with Crippen molar-refractivity contribution in [2.24, 2.45) is 0 Å². The van der Waals surface area contributed by atoms with Gasteiger partial charge in [0.2, 0.25) is 0 Å². The van der Waals surface area contributed by atoms with E-state index in [9.17, 15) is 9.46 Å². The van der Waals surface area contributed by atoms with E-state index in [4.69, 9.17) is 19.2 Å². The Morgan fingerprint density at radius 1 is 1.12 bits per heavy atom. The maximum absolute atomic E-state index is 10.0. The summed E-state index contributed by atoms with van der Waals surface area (Å²) < 4.78 is 23.0. The van der Waals surface area contributed by atoms with E-state index in [1.54, 1.807) is 30.3 Å². The van der Waals surface area contributed by atoms with Crippen LogP contribution in [0.1, 0.15) is 0 Å². The summed E-state index contributed by atoms with van der Waals surface area (Å²) in [6.07, 6.45) is 0. The van der Waals surface area contributed by atoms with Crippen molar-refractivity contribution in [2.75, 3.05) is 0 Å². The second kappa shape index (κ2) is 9.26. The molecular weight excluding hydrogens is 337 g/mol. The van der Waals surface area contributed by atoms with Crippen molar-refractivity contribution in [3.63, 3.8) is 0 Å². The van der Waals surface area contributed by atoms with E-state index < -0.39 is 16.1 Å². The molecule has 0 N–H and O–H groups in total. The topological polar surface area (TPSA) is 136 Å². The molecule has 1 atom stereocenters. The Hall–Kier alpha value is 0.203. The molecule has 86 valence electrons. The zero-order valence-corrected chi connectivity index (χ0v) is 12.0. The van der Waals surface area contributed by atoms with Crippen LogP contribution >= 0.6 is 16.1 Å². The van der Waals surface area contributed by atoms with E-state index in [1.807, 2.05) is 0 Å². The second-order valence-corrected chi connectivity index (χ2v) is 3.71. The molecule has 7 nitrogen and oxygen atoms in total. The summed E-state index contributed by atoms with van der Waals surface area (Å²) >= 11 is 0. The molecule has 0 aliphatic carbocycles. The summed E-state index contributed by atoms with van der Waals surface area (Å²) in [5.41, 5.74) is 0. The van der Waals surface area contributed by atoms with Gasteiger partial charge in [0.1, 0.15) is 5.75 Å². The number of phosphoric acid groups is 1. The van der Waals surface area contributed by atoms with E-state index in [-0.39, 0.29) is 26.2 Å². The number of benzene rings is 1. The molecule has 0 amide bonds. The van der Waals surface area contributed by atoms with Crippen molar-refractivity contribution in [1.82, 2.24) is 0 Å². The standard InChI is InChI=1S/C6H7O3P.H3O4P.Zr/c7-10(8)9-6-4-2-1-3-5-6;1-5(2,3)4;/h1-5,10H,(H,7,8);(H3,1,2,3,4);/q;;+4/p-4. The van der Waals surface area contributed by atoms with Gasteiger partial charge >= 0.3 is 26.2 Å². The molecular formula is C6H6O7P2Zr. The molecule has 1 aromatic carbocycles. The Balaban J connectivity index is 0. The molecule has 0 aromatic heterocycles. The quantitative estimate of drug-likeness (QED) is 0.566. The van der Waals surface area contributed by atoms with Crippen molar-refractivity contribution in [3.05, 3.63) is 30.3 Å². The van der Waals surface area contributed by atoms with Crippen LogP contribution in [0.3, 0.4) is 0 Å². The molecule has 0 aliphatic heterocycles. The van der Waals surface area contributed by atoms with Gasteiger partial charge in [-0.15, -0.1) is 0 Å². The molecule has 0 radical (unpaired) electrons. The Labute approximate surface area is 111 Å². The van der Waals surface area contributed by atoms with Crippen LogP contribution in [0.4, 0.5) is 0 Å². The maximum atomic E-state index is 10.0. The monoisotopic (exact) mass is 342 g/mol. The van der Waals surface area contributed by atoms with Crippen molar-refractivity contribution in [3.8, 4) is 5.75 Å². The first-order valence-corrected chi connectivity index (χ1v) is 6.14. The molecule has 0 bridgehead atoms. The Kier molecular flexibility index (Phi) is 10.7. The van der Waals surface area contributed by atoms with E-state index >= 15 is 0 Å². The molecule has 16 heavy (non-hydrogen) atoms. The third-order valence-electron chi connectivity index (χ3n) is 0.944. The van der Waals surface area contributed by atoms with Crippen LogP contribution < -0.4 is 24.1 Å². The van der Waals surface area contributed by atoms with Gasteiger partial charge in [0.25, 0.3) is 0 Å². The van der Waals surface area contributed by atoms with Crippen LogP contribution in [0.25, 0.3) is 0 Å². The smallest absolute Gasteiger partial charge is 0.822 e. The first-order valence-electron chi connectivity index (χ1n) is 3.46. The van der Waals surface area contributed by atoms with E-state index in [0.717, 1.165) is 0 Å². The summed E-state index contributed by atoms with van der Waals surface area (Å²) in [6.45, 7) is 0. The zero-order chi connectivity index (χ0) is 11.9. The van der Waals surface area contributed by atoms with Gasteiger partial charge in [-0.3, -0.25) is 4.57 Å². The summed E-state index contributed by atoms with van der Waals surface area (Å²) in [7, 11) is -8.48. The summed E-state index contributed by atoms with van der Waals surface area (Å²) in [5.74, 6) is 0.362. The van der Waals surface area contributed by atoms with Gasteiger partial charge in [-0.2, -0.15) is 7.82 Å². The van der Waals surface area contributed by atoms with E-state index in [0.29, 0.717) is 5.75 Å². The van der Waals surface area contributed by atoms with Crippen LogP contribution in [-0.4, -0.2) is 0 Å². The van der Waals surface area contributed by atoms with Crippen LogP contribution in [0.2, 0.25) is 0 Å².